The molecule has 6 nitrogen and oxygen atoms in total. The van der Waals surface area contributed by atoms with Crippen LogP contribution in [0.15, 0.2) is 35.5 Å². The van der Waals surface area contributed by atoms with E-state index in [9.17, 15) is 14.7 Å². The van der Waals surface area contributed by atoms with E-state index in [4.69, 9.17) is 14.2 Å². The number of hydrogen-bond acceptors (Lipinski definition) is 6. The molecule has 4 bridgehead atoms. The minimum Gasteiger partial charge on any atom is -0.463 e. The molecule has 2 fully saturated rings. The summed E-state index contributed by atoms with van der Waals surface area (Å²) >= 11 is 0. The quantitative estimate of drug-likeness (QED) is 0.442. The van der Waals surface area contributed by atoms with Crippen LogP contribution in [-0.2, 0) is 23.8 Å². The molecule has 0 aromatic heterocycles. The summed E-state index contributed by atoms with van der Waals surface area (Å²) in [4.78, 5) is 24.0. The number of esters is 2. The van der Waals surface area contributed by atoms with Crippen molar-refractivity contribution in [1.82, 2.24) is 0 Å². The molecule has 28 heavy (non-hydrogen) atoms. The van der Waals surface area contributed by atoms with E-state index in [2.05, 4.69) is 25.7 Å². The Labute approximate surface area is 166 Å². The summed E-state index contributed by atoms with van der Waals surface area (Å²) in [6.45, 7) is 9.14. The number of carbonyl (C=O) groups is 2. The standard InChI is InChI=1S/C22H30O6/c1-14-7-5-8-15(2)12-22(25)18-11-19(27-20(24)16(18)3)21(28-22,10-6-9-14)13-26-17(4)23/h8-9,18-19,25H,3,5-7,10-13H2,1-2,4H3/b14-9+,15-8+/t18-,19-,21+,22+/m1/s1. The second-order valence-corrected chi connectivity index (χ2v) is 8.35. The Kier molecular flexibility index (Phi) is 5.82. The summed E-state index contributed by atoms with van der Waals surface area (Å²) in [6, 6.07) is 0. The van der Waals surface area contributed by atoms with Gasteiger partial charge >= 0.3 is 11.9 Å². The Morgan fingerprint density at radius 2 is 2.04 bits per heavy atom. The van der Waals surface area contributed by atoms with Gasteiger partial charge in [-0.3, -0.25) is 4.79 Å². The monoisotopic (exact) mass is 390 g/mol. The average Bonchev–Trinajstić information content (AvgIpc) is 2.60. The number of carbonyl (C=O) groups excluding carboxylic acids is 2. The largest absolute Gasteiger partial charge is 0.463 e. The van der Waals surface area contributed by atoms with Crippen molar-refractivity contribution in [3.63, 3.8) is 0 Å². The third-order valence-electron chi connectivity index (χ3n) is 6.04. The maximum atomic E-state index is 12.4. The number of rotatable bonds is 2. The van der Waals surface area contributed by atoms with Crippen LogP contribution in [0.2, 0.25) is 0 Å². The third-order valence-corrected chi connectivity index (χ3v) is 6.04. The van der Waals surface area contributed by atoms with Gasteiger partial charge in [-0.25, -0.2) is 4.79 Å². The number of fused-ring (bicyclic) bond motifs is 6. The van der Waals surface area contributed by atoms with Crippen molar-refractivity contribution in [2.24, 2.45) is 5.92 Å². The van der Waals surface area contributed by atoms with Crippen molar-refractivity contribution in [3.8, 4) is 0 Å². The van der Waals surface area contributed by atoms with Gasteiger partial charge in [-0.15, -0.1) is 0 Å². The fourth-order valence-corrected chi connectivity index (χ4v) is 4.49. The van der Waals surface area contributed by atoms with Gasteiger partial charge in [-0.2, -0.15) is 0 Å². The number of hydrogen-bond donors (Lipinski definition) is 1. The topological polar surface area (TPSA) is 82.1 Å². The van der Waals surface area contributed by atoms with E-state index in [1.165, 1.54) is 12.5 Å². The van der Waals surface area contributed by atoms with Crippen molar-refractivity contribution >= 4 is 11.9 Å². The molecule has 0 radical (unpaired) electrons. The van der Waals surface area contributed by atoms with Gasteiger partial charge in [-0.1, -0.05) is 29.9 Å². The smallest absolute Gasteiger partial charge is 0.334 e. The molecule has 154 valence electrons. The molecule has 3 rings (SSSR count). The zero-order valence-electron chi connectivity index (χ0n) is 17.0. The first kappa shape index (κ1) is 20.8. The van der Waals surface area contributed by atoms with E-state index in [1.807, 2.05) is 6.92 Å². The van der Waals surface area contributed by atoms with Crippen LogP contribution in [0, 0.1) is 5.92 Å². The molecule has 0 saturated carbocycles. The predicted octanol–water partition coefficient (Wildman–Crippen LogP) is 3.35. The lowest BCUT2D eigenvalue weighted by molar-refractivity contribution is -0.351. The highest BCUT2D eigenvalue weighted by atomic mass is 16.7. The Morgan fingerprint density at radius 3 is 2.75 bits per heavy atom. The summed E-state index contributed by atoms with van der Waals surface area (Å²) in [5, 5.41) is 11.6. The lowest BCUT2D eigenvalue weighted by atomic mass is 9.72. The fraction of sp³-hybridized carbons (Fsp3) is 0.636. The van der Waals surface area contributed by atoms with Gasteiger partial charge in [0.25, 0.3) is 0 Å². The van der Waals surface area contributed by atoms with Crippen LogP contribution in [0.3, 0.4) is 0 Å². The van der Waals surface area contributed by atoms with Crippen molar-refractivity contribution in [3.05, 3.63) is 35.5 Å². The van der Waals surface area contributed by atoms with Crippen LogP contribution in [0.25, 0.3) is 0 Å². The minimum atomic E-state index is -1.59. The van der Waals surface area contributed by atoms with Crippen LogP contribution in [-0.4, -0.2) is 41.1 Å². The molecule has 0 aliphatic carbocycles. The van der Waals surface area contributed by atoms with Crippen LogP contribution < -0.4 is 0 Å². The first-order chi connectivity index (χ1) is 13.2. The van der Waals surface area contributed by atoms with Gasteiger partial charge in [0.2, 0.25) is 0 Å². The van der Waals surface area contributed by atoms with E-state index >= 15 is 0 Å². The van der Waals surface area contributed by atoms with E-state index in [-0.39, 0.29) is 18.6 Å². The SMILES string of the molecule is C=C1C(=O)O[C@@H]2C[C@H]1[C@]1(O)C/C(C)=C/CC/C(C)=C/CC[C@@]2(COC(C)=O)O1. The summed E-state index contributed by atoms with van der Waals surface area (Å²) in [7, 11) is 0. The Morgan fingerprint density at radius 1 is 1.32 bits per heavy atom. The van der Waals surface area contributed by atoms with Crippen molar-refractivity contribution < 1.29 is 28.9 Å². The Balaban J connectivity index is 2.04. The summed E-state index contributed by atoms with van der Waals surface area (Å²) in [6.07, 6.45) is 7.28. The Hall–Kier alpha value is -1.92. The van der Waals surface area contributed by atoms with E-state index in [0.29, 0.717) is 19.3 Å². The number of aliphatic hydroxyl groups is 1. The van der Waals surface area contributed by atoms with Gasteiger partial charge in [0, 0.05) is 24.8 Å². The summed E-state index contributed by atoms with van der Waals surface area (Å²) in [5.74, 6) is -3.10. The van der Waals surface area contributed by atoms with Crippen LogP contribution in [0.1, 0.15) is 59.3 Å². The molecule has 3 aliphatic heterocycles. The minimum absolute atomic E-state index is 0.0720. The highest BCUT2D eigenvalue weighted by Gasteiger charge is 2.61. The van der Waals surface area contributed by atoms with Gasteiger partial charge in [0.15, 0.2) is 5.79 Å². The first-order valence-corrected chi connectivity index (χ1v) is 9.92. The molecule has 2 saturated heterocycles. The normalized spacial score (nSPS) is 40.0. The highest BCUT2D eigenvalue weighted by Crippen LogP contribution is 2.50. The molecule has 0 spiro atoms. The molecule has 3 aliphatic rings. The fourth-order valence-electron chi connectivity index (χ4n) is 4.49. The lowest BCUT2D eigenvalue weighted by Gasteiger charge is -2.55. The molecule has 0 unspecified atom stereocenters. The molecule has 0 aromatic rings. The van der Waals surface area contributed by atoms with Gasteiger partial charge < -0.3 is 19.3 Å². The van der Waals surface area contributed by atoms with Crippen molar-refractivity contribution in [2.45, 2.75) is 76.8 Å². The third kappa shape index (κ3) is 4.08. The van der Waals surface area contributed by atoms with Crippen LogP contribution in [0.5, 0.6) is 0 Å². The van der Waals surface area contributed by atoms with Crippen LogP contribution >= 0.6 is 0 Å². The zero-order chi connectivity index (χ0) is 20.5. The first-order valence-electron chi connectivity index (χ1n) is 9.92. The predicted molar refractivity (Wildman–Crippen MR) is 103 cm³/mol. The van der Waals surface area contributed by atoms with Crippen LogP contribution in [0.4, 0.5) is 0 Å². The van der Waals surface area contributed by atoms with Crippen molar-refractivity contribution in [1.29, 1.82) is 0 Å². The summed E-state index contributed by atoms with van der Waals surface area (Å²) in [5.41, 5.74) is 1.40. The molecular weight excluding hydrogens is 360 g/mol. The zero-order valence-corrected chi connectivity index (χ0v) is 17.0. The Bertz CT molecular complexity index is 735. The molecular formula is C22H30O6. The number of ether oxygens (including phenoxy) is 3. The maximum absolute atomic E-state index is 12.4. The molecule has 6 heteroatoms. The molecule has 0 aromatic carbocycles. The van der Waals surface area contributed by atoms with Crippen molar-refractivity contribution in [2.75, 3.05) is 6.61 Å². The highest BCUT2D eigenvalue weighted by molar-refractivity contribution is 5.89. The second-order valence-electron chi connectivity index (χ2n) is 8.35. The van der Waals surface area contributed by atoms with Gasteiger partial charge in [0.05, 0.1) is 0 Å². The molecule has 0 amide bonds. The van der Waals surface area contributed by atoms with Gasteiger partial charge in [-0.05, 0) is 46.0 Å². The lowest BCUT2D eigenvalue weighted by Crippen LogP contribution is -2.66. The summed E-state index contributed by atoms with van der Waals surface area (Å²) < 4.78 is 17.3. The van der Waals surface area contributed by atoms with E-state index in [0.717, 1.165) is 18.4 Å². The molecule has 3 heterocycles. The molecule has 1 N–H and O–H groups in total. The maximum Gasteiger partial charge on any atom is 0.334 e. The molecule has 4 atom stereocenters. The number of allylic oxidation sites excluding steroid dienone is 3. The van der Waals surface area contributed by atoms with E-state index < -0.39 is 35.3 Å². The average molecular weight is 390 g/mol. The van der Waals surface area contributed by atoms with E-state index in [1.54, 1.807) is 0 Å². The second kappa shape index (κ2) is 7.84. The van der Waals surface area contributed by atoms with Gasteiger partial charge in [0.1, 0.15) is 18.3 Å².